The maximum Gasteiger partial charge on any atom is 0.265 e. The van der Waals surface area contributed by atoms with Gasteiger partial charge in [-0.25, -0.2) is 4.39 Å². The summed E-state index contributed by atoms with van der Waals surface area (Å²) in [6.07, 6.45) is 0.553. The smallest absolute Gasteiger partial charge is 0.265 e. The summed E-state index contributed by atoms with van der Waals surface area (Å²) in [5.74, 6) is -1.64. The third-order valence-electron chi connectivity index (χ3n) is 2.86. The lowest BCUT2D eigenvalue weighted by Crippen LogP contribution is -2.37. The van der Waals surface area contributed by atoms with E-state index in [0.29, 0.717) is 22.6 Å². The van der Waals surface area contributed by atoms with E-state index in [-0.39, 0.29) is 0 Å². The van der Waals surface area contributed by atoms with Crippen molar-refractivity contribution in [3.63, 3.8) is 0 Å². The molecule has 0 bridgehead atoms. The number of hydrogen-bond acceptors (Lipinski definition) is 5. The molecule has 2 aromatic rings. The molecule has 2 amide bonds. The van der Waals surface area contributed by atoms with Crippen LogP contribution in [0.5, 0.6) is 0 Å². The number of benzene rings is 1. The van der Waals surface area contributed by atoms with E-state index in [2.05, 4.69) is 14.9 Å². The molecule has 1 heterocycles. The second-order valence-corrected chi connectivity index (χ2v) is 5.02. The summed E-state index contributed by atoms with van der Waals surface area (Å²) in [6.45, 7) is 1.85. The van der Waals surface area contributed by atoms with E-state index in [9.17, 15) is 14.0 Å². The normalized spacial score (nSPS) is 11.9. The predicted molar refractivity (Wildman–Crippen MR) is 75.1 cm³/mol. The van der Waals surface area contributed by atoms with Crippen molar-refractivity contribution < 1.29 is 14.0 Å². The van der Waals surface area contributed by atoms with Crippen molar-refractivity contribution in [2.45, 2.75) is 19.4 Å². The summed E-state index contributed by atoms with van der Waals surface area (Å²) >= 11 is 0.948. The van der Waals surface area contributed by atoms with Crippen LogP contribution in [0.3, 0.4) is 0 Å². The van der Waals surface area contributed by atoms with Crippen molar-refractivity contribution in [2.75, 3.05) is 0 Å². The monoisotopic (exact) mass is 308 g/mol. The van der Waals surface area contributed by atoms with Gasteiger partial charge in [-0.05, 0) is 35.6 Å². The highest BCUT2D eigenvalue weighted by Crippen LogP contribution is 2.17. The van der Waals surface area contributed by atoms with E-state index in [1.165, 1.54) is 24.3 Å². The Balaban J connectivity index is 2.23. The van der Waals surface area contributed by atoms with Gasteiger partial charge in [-0.2, -0.15) is 0 Å². The van der Waals surface area contributed by atoms with Crippen molar-refractivity contribution >= 4 is 23.3 Å². The van der Waals surface area contributed by atoms with Gasteiger partial charge in [0.25, 0.3) is 5.91 Å². The van der Waals surface area contributed by atoms with Gasteiger partial charge >= 0.3 is 0 Å². The van der Waals surface area contributed by atoms with Crippen LogP contribution in [0.4, 0.5) is 4.39 Å². The molecule has 0 aliphatic rings. The lowest BCUT2D eigenvalue weighted by atomic mass is 10.1. The third-order valence-corrected chi connectivity index (χ3v) is 3.63. The molecule has 0 radical (unpaired) electrons. The average molecular weight is 308 g/mol. The van der Waals surface area contributed by atoms with Gasteiger partial charge in [-0.15, -0.1) is 5.10 Å². The molecule has 2 rings (SSSR count). The third kappa shape index (κ3) is 3.40. The van der Waals surface area contributed by atoms with Crippen molar-refractivity contribution in [3.05, 3.63) is 46.2 Å². The van der Waals surface area contributed by atoms with Crippen molar-refractivity contribution in [1.82, 2.24) is 14.9 Å². The van der Waals surface area contributed by atoms with Gasteiger partial charge in [0.05, 0.1) is 5.69 Å². The first-order valence-corrected chi connectivity index (χ1v) is 6.97. The molecular formula is C13H13FN4O2S. The van der Waals surface area contributed by atoms with Crippen molar-refractivity contribution in [1.29, 1.82) is 0 Å². The Bertz CT molecular complexity index is 656. The molecule has 3 N–H and O–H groups in total. The van der Waals surface area contributed by atoms with Gasteiger partial charge in [-0.1, -0.05) is 23.5 Å². The standard InChI is InChI=1S/C13H13FN4O2S/c1-2-9-11(21-18-17-9)13(20)16-10(12(15)19)7-3-5-8(14)6-4-7/h3-6,10H,2H2,1H3,(H2,15,19)(H,16,20)/t10-/m1/s1. The summed E-state index contributed by atoms with van der Waals surface area (Å²) in [6, 6.07) is 4.16. The van der Waals surface area contributed by atoms with E-state index >= 15 is 0 Å². The molecule has 0 spiro atoms. The van der Waals surface area contributed by atoms with Gasteiger partial charge in [0.15, 0.2) is 0 Å². The maximum absolute atomic E-state index is 12.9. The number of nitrogens with one attached hydrogen (secondary N) is 1. The Morgan fingerprint density at radius 3 is 2.62 bits per heavy atom. The number of carbonyl (C=O) groups is 2. The Hall–Kier alpha value is -2.35. The summed E-state index contributed by atoms with van der Waals surface area (Å²) < 4.78 is 16.6. The van der Waals surface area contributed by atoms with Crippen LogP contribution in [0.25, 0.3) is 0 Å². The quantitative estimate of drug-likeness (QED) is 0.867. The van der Waals surface area contributed by atoms with E-state index < -0.39 is 23.7 Å². The maximum atomic E-state index is 12.9. The molecule has 21 heavy (non-hydrogen) atoms. The molecule has 0 unspecified atom stereocenters. The Kier molecular flexibility index (Phi) is 4.59. The molecular weight excluding hydrogens is 295 g/mol. The molecule has 110 valence electrons. The molecule has 6 nitrogen and oxygen atoms in total. The van der Waals surface area contributed by atoms with Crippen LogP contribution in [-0.4, -0.2) is 21.4 Å². The number of hydrogen-bond donors (Lipinski definition) is 2. The number of rotatable bonds is 5. The average Bonchev–Trinajstić information content (AvgIpc) is 2.94. The molecule has 0 aliphatic heterocycles. The molecule has 1 atom stereocenters. The zero-order chi connectivity index (χ0) is 15.4. The first-order chi connectivity index (χ1) is 10.0. The number of aryl methyl sites for hydroxylation is 1. The fourth-order valence-electron chi connectivity index (χ4n) is 1.78. The van der Waals surface area contributed by atoms with Crippen LogP contribution in [0.2, 0.25) is 0 Å². The van der Waals surface area contributed by atoms with E-state index in [1.54, 1.807) is 0 Å². The zero-order valence-electron chi connectivity index (χ0n) is 11.2. The topological polar surface area (TPSA) is 98.0 Å². The highest BCUT2D eigenvalue weighted by molar-refractivity contribution is 7.08. The Morgan fingerprint density at radius 2 is 2.05 bits per heavy atom. The minimum atomic E-state index is -1.04. The minimum absolute atomic E-state index is 0.339. The molecule has 8 heteroatoms. The number of carbonyl (C=O) groups excluding carboxylic acids is 2. The van der Waals surface area contributed by atoms with Crippen LogP contribution in [-0.2, 0) is 11.2 Å². The largest absolute Gasteiger partial charge is 0.368 e. The number of aromatic nitrogens is 2. The molecule has 0 aliphatic carbocycles. The van der Waals surface area contributed by atoms with Gasteiger partial charge in [-0.3, -0.25) is 9.59 Å². The van der Waals surface area contributed by atoms with E-state index in [4.69, 9.17) is 5.73 Å². The lowest BCUT2D eigenvalue weighted by Gasteiger charge is -2.15. The number of halogens is 1. The van der Waals surface area contributed by atoms with Crippen LogP contribution in [0, 0.1) is 5.82 Å². The van der Waals surface area contributed by atoms with Crippen molar-refractivity contribution in [2.24, 2.45) is 5.73 Å². The highest BCUT2D eigenvalue weighted by atomic mass is 32.1. The Morgan fingerprint density at radius 1 is 1.38 bits per heavy atom. The SMILES string of the molecule is CCc1nnsc1C(=O)N[C@@H](C(N)=O)c1ccc(F)cc1. The number of nitrogens with two attached hydrogens (primary N) is 1. The van der Waals surface area contributed by atoms with Gasteiger partial charge in [0.1, 0.15) is 16.7 Å². The fraction of sp³-hybridized carbons (Fsp3) is 0.231. The number of amides is 2. The summed E-state index contributed by atoms with van der Waals surface area (Å²) in [4.78, 5) is 24.0. The first-order valence-electron chi connectivity index (χ1n) is 6.19. The Labute approximate surface area is 124 Å². The predicted octanol–water partition coefficient (Wildman–Crippen LogP) is 1.20. The molecule has 0 saturated carbocycles. The van der Waals surface area contributed by atoms with Crippen LogP contribution in [0.1, 0.15) is 33.9 Å². The van der Waals surface area contributed by atoms with Gasteiger partial charge < -0.3 is 11.1 Å². The second kappa shape index (κ2) is 6.40. The number of nitrogens with zero attached hydrogens (tertiary/aromatic N) is 2. The molecule has 1 aromatic heterocycles. The molecule has 0 saturated heterocycles. The van der Waals surface area contributed by atoms with Crippen LogP contribution >= 0.6 is 11.5 Å². The number of primary amides is 1. The van der Waals surface area contributed by atoms with Gasteiger partial charge in [0, 0.05) is 0 Å². The summed E-state index contributed by atoms with van der Waals surface area (Å²) in [7, 11) is 0. The highest BCUT2D eigenvalue weighted by Gasteiger charge is 2.23. The van der Waals surface area contributed by atoms with E-state index in [1.807, 2.05) is 6.92 Å². The van der Waals surface area contributed by atoms with Crippen LogP contribution < -0.4 is 11.1 Å². The zero-order valence-corrected chi connectivity index (χ0v) is 12.0. The van der Waals surface area contributed by atoms with E-state index in [0.717, 1.165) is 11.5 Å². The summed E-state index contributed by atoms with van der Waals surface area (Å²) in [5.41, 5.74) is 6.27. The van der Waals surface area contributed by atoms with Gasteiger partial charge in [0.2, 0.25) is 5.91 Å². The van der Waals surface area contributed by atoms with Crippen molar-refractivity contribution in [3.8, 4) is 0 Å². The summed E-state index contributed by atoms with van der Waals surface area (Å²) in [5, 5.41) is 6.36. The second-order valence-electron chi connectivity index (χ2n) is 4.26. The lowest BCUT2D eigenvalue weighted by molar-refractivity contribution is -0.120. The minimum Gasteiger partial charge on any atom is -0.368 e. The van der Waals surface area contributed by atoms with Crippen LogP contribution in [0.15, 0.2) is 24.3 Å². The first kappa shape index (κ1) is 15.0. The molecule has 0 fully saturated rings. The molecule has 1 aromatic carbocycles. The fourth-order valence-corrected chi connectivity index (χ4v) is 2.44.